The van der Waals surface area contributed by atoms with Gasteiger partial charge in [-0.05, 0) is 18.6 Å². The highest BCUT2D eigenvalue weighted by Crippen LogP contribution is 2.29. The van der Waals surface area contributed by atoms with Crippen molar-refractivity contribution >= 4 is 17.3 Å². The topological polar surface area (TPSA) is 12.4 Å². The molecule has 0 spiro atoms. The van der Waals surface area contributed by atoms with E-state index in [-0.39, 0.29) is 10.6 Å². The van der Waals surface area contributed by atoms with Crippen molar-refractivity contribution in [3.8, 4) is 0 Å². The summed E-state index contributed by atoms with van der Waals surface area (Å²) in [6.45, 7) is 1.57. The maximum atomic E-state index is 12.6. The SMILES string of the molecule is CN=C(c1c(C)cccc1Cl)C(F)(F)F. The largest absolute Gasteiger partial charge is 0.433 e. The van der Waals surface area contributed by atoms with Gasteiger partial charge in [0.1, 0.15) is 5.71 Å². The minimum absolute atomic E-state index is 0.0471. The van der Waals surface area contributed by atoms with Crippen LogP contribution in [0.4, 0.5) is 13.2 Å². The predicted octanol–water partition coefficient (Wildman–Crippen LogP) is 3.63. The number of alkyl halides is 3. The summed E-state index contributed by atoms with van der Waals surface area (Å²) in [7, 11) is 1.10. The number of aryl methyl sites for hydroxylation is 1. The van der Waals surface area contributed by atoms with Gasteiger partial charge in [-0.1, -0.05) is 23.7 Å². The quantitative estimate of drug-likeness (QED) is 0.659. The first-order valence-corrected chi connectivity index (χ1v) is 4.55. The van der Waals surface area contributed by atoms with Crippen LogP contribution in [0.1, 0.15) is 11.1 Å². The molecule has 0 aliphatic rings. The molecule has 0 aliphatic carbocycles. The Labute approximate surface area is 90.6 Å². The number of hydrogen-bond acceptors (Lipinski definition) is 1. The average molecular weight is 236 g/mol. The van der Waals surface area contributed by atoms with Crippen molar-refractivity contribution in [1.29, 1.82) is 0 Å². The lowest BCUT2D eigenvalue weighted by atomic mass is 10.0. The molecule has 82 valence electrons. The average Bonchev–Trinajstić information content (AvgIpc) is 2.09. The maximum Gasteiger partial charge on any atom is 0.433 e. The van der Waals surface area contributed by atoms with E-state index in [0.29, 0.717) is 5.56 Å². The van der Waals surface area contributed by atoms with Gasteiger partial charge in [0.15, 0.2) is 0 Å². The second-order valence-corrected chi connectivity index (χ2v) is 3.41. The number of halogens is 4. The van der Waals surface area contributed by atoms with Gasteiger partial charge >= 0.3 is 6.18 Å². The molecule has 0 radical (unpaired) electrons. The zero-order valence-corrected chi connectivity index (χ0v) is 8.95. The molecule has 0 fully saturated rings. The van der Waals surface area contributed by atoms with Crippen LogP contribution >= 0.6 is 11.6 Å². The van der Waals surface area contributed by atoms with Gasteiger partial charge in [0.05, 0.1) is 5.02 Å². The normalized spacial score (nSPS) is 13.1. The monoisotopic (exact) mass is 235 g/mol. The number of rotatable bonds is 1. The van der Waals surface area contributed by atoms with E-state index in [2.05, 4.69) is 4.99 Å². The summed E-state index contributed by atoms with van der Waals surface area (Å²) in [6, 6.07) is 4.59. The van der Waals surface area contributed by atoms with Gasteiger partial charge in [-0.3, -0.25) is 4.99 Å². The Morgan fingerprint density at radius 2 is 1.93 bits per heavy atom. The molecule has 1 aromatic carbocycles. The highest BCUT2D eigenvalue weighted by Gasteiger charge is 2.37. The first kappa shape index (κ1) is 12.0. The molecule has 0 saturated heterocycles. The number of benzene rings is 1. The summed E-state index contributed by atoms with van der Waals surface area (Å²) >= 11 is 5.73. The fraction of sp³-hybridized carbons (Fsp3) is 0.300. The molecule has 5 heteroatoms. The maximum absolute atomic E-state index is 12.6. The standard InChI is InChI=1S/C10H9ClF3N/c1-6-4-3-5-7(11)8(6)9(15-2)10(12,13)14/h3-5H,1-2H3. The summed E-state index contributed by atoms with van der Waals surface area (Å²) < 4.78 is 37.7. The summed E-state index contributed by atoms with van der Waals surface area (Å²) in [6.07, 6.45) is -4.48. The van der Waals surface area contributed by atoms with Gasteiger partial charge < -0.3 is 0 Å². The molecular weight excluding hydrogens is 227 g/mol. The van der Waals surface area contributed by atoms with E-state index in [1.54, 1.807) is 19.1 Å². The molecule has 0 amide bonds. The highest BCUT2D eigenvalue weighted by atomic mass is 35.5. The van der Waals surface area contributed by atoms with Crippen molar-refractivity contribution < 1.29 is 13.2 Å². The third-order valence-corrected chi connectivity index (χ3v) is 2.27. The summed E-state index contributed by atoms with van der Waals surface area (Å²) in [5.74, 6) is 0. The molecule has 0 aromatic heterocycles. The lowest BCUT2D eigenvalue weighted by Crippen LogP contribution is -2.25. The third kappa shape index (κ3) is 2.50. The van der Waals surface area contributed by atoms with Crippen LogP contribution in [0.25, 0.3) is 0 Å². The third-order valence-electron chi connectivity index (χ3n) is 1.95. The van der Waals surface area contributed by atoms with Crippen LogP contribution in [0.5, 0.6) is 0 Å². The smallest absolute Gasteiger partial charge is 0.283 e. The van der Waals surface area contributed by atoms with Crippen LogP contribution in [0.3, 0.4) is 0 Å². The Morgan fingerprint density at radius 1 is 1.33 bits per heavy atom. The van der Waals surface area contributed by atoms with E-state index in [1.807, 2.05) is 0 Å². The number of aliphatic imine (C=N–C) groups is 1. The van der Waals surface area contributed by atoms with Crippen molar-refractivity contribution in [2.24, 2.45) is 4.99 Å². The van der Waals surface area contributed by atoms with Gasteiger partial charge in [0, 0.05) is 12.6 Å². The second-order valence-electron chi connectivity index (χ2n) is 3.00. The number of nitrogens with zero attached hydrogens (tertiary/aromatic N) is 1. The minimum atomic E-state index is -4.48. The van der Waals surface area contributed by atoms with Gasteiger partial charge in [0.25, 0.3) is 0 Å². The van der Waals surface area contributed by atoms with Crippen molar-refractivity contribution in [2.75, 3.05) is 7.05 Å². The first-order valence-electron chi connectivity index (χ1n) is 4.17. The lowest BCUT2D eigenvalue weighted by molar-refractivity contribution is -0.0581. The molecule has 1 rings (SSSR count). The summed E-state index contributed by atoms with van der Waals surface area (Å²) in [5.41, 5.74) is -0.528. The fourth-order valence-electron chi connectivity index (χ4n) is 1.31. The van der Waals surface area contributed by atoms with E-state index in [0.717, 1.165) is 7.05 Å². The Hall–Kier alpha value is -1.03. The molecule has 0 unspecified atom stereocenters. The first-order chi connectivity index (χ1) is 6.88. The van der Waals surface area contributed by atoms with Crippen LogP contribution < -0.4 is 0 Å². The van der Waals surface area contributed by atoms with E-state index in [1.165, 1.54) is 6.07 Å². The van der Waals surface area contributed by atoms with Crippen LogP contribution in [-0.4, -0.2) is 18.9 Å². The zero-order chi connectivity index (χ0) is 11.6. The van der Waals surface area contributed by atoms with Gasteiger partial charge in [0.2, 0.25) is 0 Å². The Morgan fingerprint density at radius 3 is 2.33 bits per heavy atom. The van der Waals surface area contributed by atoms with Gasteiger partial charge in [-0.15, -0.1) is 0 Å². The van der Waals surface area contributed by atoms with Crippen LogP contribution in [0, 0.1) is 6.92 Å². The Balaban J connectivity index is 3.38. The molecule has 0 heterocycles. The Bertz CT molecular complexity index is 376. The van der Waals surface area contributed by atoms with Crippen molar-refractivity contribution in [1.82, 2.24) is 0 Å². The van der Waals surface area contributed by atoms with Crippen LogP contribution in [-0.2, 0) is 0 Å². The molecule has 0 N–H and O–H groups in total. The fourth-order valence-corrected chi connectivity index (χ4v) is 1.62. The van der Waals surface area contributed by atoms with Crippen molar-refractivity contribution in [3.63, 3.8) is 0 Å². The molecular formula is C10H9ClF3N. The lowest BCUT2D eigenvalue weighted by Gasteiger charge is -2.13. The molecule has 0 saturated carbocycles. The molecule has 0 bridgehead atoms. The molecule has 1 nitrogen and oxygen atoms in total. The Kier molecular flexibility index (Phi) is 3.39. The second kappa shape index (κ2) is 4.23. The molecule has 0 atom stereocenters. The van der Waals surface area contributed by atoms with E-state index < -0.39 is 11.9 Å². The van der Waals surface area contributed by atoms with Crippen molar-refractivity contribution in [2.45, 2.75) is 13.1 Å². The summed E-state index contributed by atoms with van der Waals surface area (Å²) in [5, 5.41) is 0.0629. The van der Waals surface area contributed by atoms with Crippen molar-refractivity contribution in [3.05, 3.63) is 34.3 Å². The van der Waals surface area contributed by atoms with Crippen LogP contribution in [0.15, 0.2) is 23.2 Å². The van der Waals surface area contributed by atoms with Gasteiger partial charge in [-0.25, -0.2) is 0 Å². The molecule has 0 aliphatic heterocycles. The molecule has 15 heavy (non-hydrogen) atoms. The molecule has 1 aromatic rings. The zero-order valence-electron chi connectivity index (χ0n) is 8.19. The number of hydrogen-bond donors (Lipinski definition) is 0. The van der Waals surface area contributed by atoms with E-state index in [4.69, 9.17) is 11.6 Å². The summed E-state index contributed by atoms with van der Waals surface area (Å²) in [4.78, 5) is 3.26. The van der Waals surface area contributed by atoms with Gasteiger partial charge in [-0.2, -0.15) is 13.2 Å². The minimum Gasteiger partial charge on any atom is -0.283 e. The van der Waals surface area contributed by atoms with E-state index in [9.17, 15) is 13.2 Å². The van der Waals surface area contributed by atoms with Crippen LogP contribution in [0.2, 0.25) is 5.02 Å². The van der Waals surface area contributed by atoms with E-state index >= 15 is 0 Å². The predicted molar refractivity (Wildman–Crippen MR) is 54.7 cm³/mol. The highest BCUT2D eigenvalue weighted by molar-refractivity contribution is 6.34.